The second kappa shape index (κ2) is 6.91. The van der Waals surface area contributed by atoms with E-state index in [4.69, 9.17) is 0 Å². The third-order valence-electron chi connectivity index (χ3n) is 3.78. The van der Waals surface area contributed by atoms with Gasteiger partial charge in [0.05, 0.1) is 25.2 Å². The van der Waals surface area contributed by atoms with E-state index in [1.165, 1.54) is 12.4 Å². The van der Waals surface area contributed by atoms with Gasteiger partial charge in [-0.25, -0.2) is 14.8 Å². The van der Waals surface area contributed by atoms with Gasteiger partial charge in [-0.15, -0.1) is 0 Å². The van der Waals surface area contributed by atoms with Gasteiger partial charge in [0.1, 0.15) is 0 Å². The van der Waals surface area contributed by atoms with E-state index in [9.17, 15) is 9.59 Å². The Morgan fingerprint density at radius 3 is 2.17 bits per heavy atom. The van der Waals surface area contributed by atoms with Gasteiger partial charge in [0.2, 0.25) is 5.95 Å². The summed E-state index contributed by atoms with van der Waals surface area (Å²) in [6.07, 6.45) is 2.97. The zero-order chi connectivity index (χ0) is 17.0. The van der Waals surface area contributed by atoms with Crippen LogP contribution in [0.25, 0.3) is 0 Å². The Balaban J connectivity index is 1.93. The molecule has 8 heteroatoms. The number of carbonyl (C=O) groups is 2. The maximum atomic E-state index is 11.4. The van der Waals surface area contributed by atoms with Crippen molar-refractivity contribution in [1.29, 1.82) is 0 Å². The molecule has 0 aromatic carbocycles. The van der Waals surface area contributed by atoms with Crippen LogP contribution < -0.4 is 10.2 Å². The molecule has 8 nitrogen and oxygen atoms in total. The topological polar surface area (TPSA) is 87.7 Å². The molecule has 1 aliphatic heterocycles. The first-order valence-corrected chi connectivity index (χ1v) is 7.52. The first kappa shape index (κ1) is 17.1. The maximum Gasteiger partial charge on any atom is 0.396 e. The first-order valence-electron chi connectivity index (χ1n) is 7.52. The Kier molecular flexibility index (Phi) is 5.15. The highest BCUT2D eigenvalue weighted by Crippen LogP contribution is 2.18. The molecule has 1 N–H and O–H groups in total. The predicted octanol–water partition coefficient (Wildman–Crippen LogP) is 0.509. The number of hydrogen-bond donors (Lipinski definition) is 1. The fraction of sp³-hybridized carbons (Fsp3) is 0.600. The highest BCUT2D eigenvalue weighted by Gasteiger charge is 2.26. The average Bonchev–Trinajstić information content (AvgIpc) is 2.54. The molecule has 1 aromatic rings. The summed E-state index contributed by atoms with van der Waals surface area (Å²) in [5.74, 6) is -1.18. The van der Waals surface area contributed by atoms with Crippen molar-refractivity contribution in [3.05, 3.63) is 12.4 Å². The summed E-state index contributed by atoms with van der Waals surface area (Å²) >= 11 is 0. The van der Waals surface area contributed by atoms with Crippen LogP contribution in [0.4, 0.5) is 11.6 Å². The number of ether oxygens (including phenoxy) is 1. The molecule has 0 unspecified atom stereocenters. The molecule has 0 bridgehead atoms. The lowest BCUT2D eigenvalue weighted by molar-refractivity contribution is -0.150. The number of methoxy groups -OCH3 is 1. The van der Waals surface area contributed by atoms with Gasteiger partial charge >= 0.3 is 11.9 Å². The molecule has 1 aromatic heterocycles. The van der Waals surface area contributed by atoms with Crippen molar-refractivity contribution in [3.8, 4) is 0 Å². The van der Waals surface area contributed by atoms with Crippen molar-refractivity contribution in [2.24, 2.45) is 0 Å². The second-order valence-electron chi connectivity index (χ2n) is 6.36. The Labute approximate surface area is 135 Å². The van der Waals surface area contributed by atoms with E-state index in [2.05, 4.69) is 50.6 Å². The van der Waals surface area contributed by atoms with E-state index < -0.39 is 11.9 Å². The highest BCUT2D eigenvalue weighted by molar-refractivity contribution is 6.37. The van der Waals surface area contributed by atoms with Crippen LogP contribution >= 0.6 is 0 Å². The summed E-state index contributed by atoms with van der Waals surface area (Å²) in [5.41, 5.74) is 0.520. The maximum absolute atomic E-state index is 11.4. The number of carbonyl (C=O) groups excluding carboxylic acids is 2. The van der Waals surface area contributed by atoms with Crippen molar-refractivity contribution >= 4 is 23.5 Å². The number of hydrogen-bond acceptors (Lipinski definition) is 7. The van der Waals surface area contributed by atoms with Gasteiger partial charge < -0.3 is 15.0 Å². The summed E-state index contributed by atoms with van der Waals surface area (Å²) in [7, 11) is 1.15. The number of esters is 1. The van der Waals surface area contributed by atoms with Crippen LogP contribution in [0.2, 0.25) is 0 Å². The normalized spacial score (nSPS) is 16.1. The van der Waals surface area contributed by atoms with Crippen molar-refractivity contribution < 1.29 is 14.3 Å². The van der Waals surface area contributed by atoms with Crippen LogP contribution in [0, 0.1) is 0 Å². The minimum atomic E-state index is -0.952. The summed E-state index contributed by atoms with van der Waals surface area (Å²) in [4.78, 5) is 35.5. The number of rotatable bonds is 2. The van der Waals surface area contributed by atoms with Crippen LogP contribution in [0.3, 0.4) is 0 Å². The first-order chi connectivity index (χ1) is 10.8. The smallest absolute Gasteiger partial charge is 0.396 e. The van der Waals surface area contributed by atoms with Crippen LogP contribution in [0.5, 0.6) is 0 Å². The third-order valence-corrected chi connectivity index (χ3v) is 3.78. The number of amides is 1. The Morgan fingerprint density at radius 1 is 1.13 bits per heavy atom. The average molecular weight is 321 g/mol. The lowest BCUT2D eigenvalue weighted by atomic mass is 10.1. The summed E-state index contributed by atoms with van der Waals surface area (Å²) < 4.78 is 4.34. The van der Waals surface area contributed by atoms with Crippen LogP contribution in [0.15, 0.2) is 12.4 Å². The quantitative estimate of drug-likeness (QED) is 0.627. The van der Waals surface area contributed by atoms with E-state index in [0.29, 0.717) is 11.6 Å². The van der Waals surface area contributed by atoms with E-state index >= 15 is 0 Å². The van der Waals surface area contributed by atoms with Gasteiger partial charge in [0.25, 0.3) is 0 Å². The number of aromatic nitrogens is 2. The second-order valence-corrected chi connectivity index (χ2v) is 6.36. The summed E-state index contributed by atoms with van der Waals surface area (Å²) in [6, 6.07) is 0. The molecule has 1 fully saturated rings. The van der Waals surface area contributed by atoms with Crippen molar-refractivity contribution in [2.45, 2.75) is 26.3 Å². The van der Waals surface area contributed by atoms with Gasteiger partial charge in [-0.05, 0) is 20.8 Å². The van der Waals surface area contributed by atoms with Crippen LogP contribution in [-0.4, -0.2) is 65.6 Å². The lowest BCUT2D eigenvalue weighted by Crippen LogP contribution is -2.53. The molecule has 23 heavy (non-hydrogen) atoms. The third kappa shape index (κ3) is 4.38. The highest BCUT2D eigenvalue weighted by atomic mass is 16.5. The SMILES string of the molecule is COC(=O)C(=O)Nc1cnc(N2CCN(C(C)(C)C)CC2)nc1. The van der Waals surface area contributed by atoms with Gasteiger partial charge in [0.15, 0.2) is 0 Å². The van der Waals surface area contributed by atoms with E-state index in [-0.39, 0.29) is 5.54 Å². The van der Waals surface area contributed by atoms with Crippen LogP contribution in [0.1, 0.15) is 20.8 Å². The fourth-order valence-electron chi connectivity index (χ4n) is 2.40. The van der Waals surface area contributed by atoms with E-state index in [1.54, 1.807) is 0 Å². The largest absolute Gasteiger partial charge is 0.462 e. The van der Waals surface area contributed by atoms with Crippen molar-refractivity contribution in [3.63, 3.8) is 0 Å². The Bertz CT molecular complexity index is 559. The minimum Gasteiger partial charge on any atom is -0.462 e. The molecular formula is C15H23N5O3. The molecule has 2 rings (SSSR count). The van der Waals surface area contributed by atoms with Crippen molar-refractivity contribution in [1.82, 2.24) is 14.9 Å². The van der Waals surface area contributed by atoms with E-state index in [0.717, 1.165) is 33.3 Å². The van der Waals surface area contributed by atoms with E-state index in [1.807, 2.05) is 0 Å². The Hall–Kier alpha value is -2.22. The monoisotopic (exact) mass is 321 g/mol. The molecule has 0 atom stereocenters. The predicted molar refractivity (Wildman–Crippen MR) is 86.2 cm³/mol. The number of piperazine rings is 1. The molecule has 0 aliphatic carbocycles. The Morgan fingerprint density at radius 2 is 1.70 bits per heavy atom. The fourth-order valence-corrected chi connectivity index (χ4v) is 2.40. The molecule has 0 saturated carbocycles. The zero-order valence-corrected chi connectivity index (χ0v) is 14.0. The molecule has 0 radical (unpaired) electrons. The number of nitrogens with one attached hydrogen (secondary N) is 1. The van der Waals surface area contributed by atoms with Gasteiger partial charge in [-0.2, -0.15) is 0 Å². The lowest BCUT2D eigenvalue weighted by Gasteiger charge is -2.42. The zero-order valence-electron chi connectivity index (χ0n) is 14.0. The molecule has 0 spiro atoms. The standard InChI is InChI=1S/C15H23N5O3/c1-15(2,3)20-7-5-19(6-8-20)14-16-9-11(10-17-14)18-12(21)13(22)23-4/h9-10H,5-8H2,1-4H3,(H,18,21). The summed E-state index contributed by atoms with van der Waals surface area (Å²) in [5, 5.41) is 2.38. The molecule has 1 aliphatic rings. The van der Waals surface area contributed by atoms with Gasteiger partial charge in [-0.1, -0.05) is 0 Å². The number of nitrogens with zero attached hydrogens (tertiary/aromatic N) is 4. The van der Waals surface area contributed by atoms with Crippen molar-refractivity contribution in [2.75, 3.05) is 43.5 Å². The molecule has 1 saturated heterocycles. The van der Waals surface area contributed by atoms with Gasteiger partial charge in [0, 0.05) is 31.7 Å². The molecule has 126 valence electrons. The summed E-state index contributed by atoms with van der Waals surface area (Å²) in [6.45, 7) is 10.2. The molecular weight excluding hydrogens is 298 g/mol. The molecule has 1 amide bonds. The minimum absolute atomic E-state index is 0.162. The van der Waals surface area contributed by atoms with Gasteiger partial charge in [-0.3, -0.25) is 9.69 Å². The van der Waals surface area contributed by atoms with Crippen LogP contribution in [-0.2, 0) is 14.3 Å². The molecule has 2 heterocycles. The number of anilines is 2.